The highest BCUT2D eigenvalue weighted by molar-refractivity contribution is 9.11. The molecular weight excluding hydrogens is 352 g/mol. The van der Waals surface area contributed by atoms with E-state index in [9.17, 15) is 0 Å². The van der Waals surface area contributed by atoms with E-state index in [-0.39, 0.29) is 5.41 Å². The molecule has 0 saturated heterocycles. The third-order valence-electron chi connectivity index (χ3n) is 4.08. The van der Waals surface area contributed by atoms with Gasteiger partial charge in [-0.1, -0.05) is 6.42 Å². The number of halogens is 1. The quantitative estimate of drug-likeness (QED) is 0.770. The van der Waals surface area contributed by atoms with E-state index in [1.54, 1.807) is 0 Å². The summed E-state index contributed by atoms with van der Waals surface area (Å²) in [7, 11) is 0. The van der Waals surface area contributed by atoms with E-state index < -0.39 is 0 Å². The van der Waals surface area contributed by atoms with Crippen LogP contribution in [-0.2, 0) is 5.41 Å². The number of fused-ring (bicyclic) bond motifs is 1. The van der Waals surface area contributed by atoms with Crippen molar-refractivity contribution in [3.8, 4) is 0 Å². The van der Waals surface area contributed by atoms with Gasteiger partial charge in [0.2, 0.25) is 0 Å². The zero-order valence-corrected chi connectivity index (χ0v) is 13.6. The highest BCUT2D eigenvalue weighted by atomic mass is 79.9. The lowest BCUT2D eigenvalue weighted by atomic mass is 9.68. The molecule has 21 heavy (non-hydrogen) atoms. The lowest BCUT2D eigenvalue weighted by molar-refractivity contribution is 0.265. The summed E-state index contributed by atoms with van der Waals surface area (Å²) in [6, 6.07) is 8.14. The molecule has 1 aliphatic rings. The number of aromatic nitrogens is 5. The summed E-state index contributed by atoms with van der Waals surface area (Å²) in [6.07, 6.45) is 3.73. The smallest absolute Gasteiger partial charge is 0.200 e. The Morgan fingerprint density at radius 2 is 2.19 bits per heavy atom. The molecule has 4 rings (SSSR count). The van der Waals surface area contributed by atoms with Crippen LogP contribution in [0.1, 0.15) is 24.1 Å². The van der Waals surface area contributed by atoms with Crippen molar-refractivity contribution < 1.29 is 0 Å². The van der Waals surface area contributed by atoms with Gasteiger partial charge in [-0.05, 0) is 63.5 Å². The van der Waals surface area contributed by atoms with Crippen LogP contribution in [0.5, 0.6) is 0 Å². The molecule has 1 aliphatic carbocycles. The fourth-order valence-electron chi connectivity index (χ4n) is 2.72. The Hall–Kier alpha value is -1.54. The standard InChI is InChI=1S/C13H13BrN6S/c14-10-3-2-9(21-10)13(6-1-7-13)8-15-11-4-5-12-16-18-19-20(12)17-11/h2-5H,1,6-8H2,(H,15,17). The van der Waals surface area contributed by atoms with E-state index in [2.05, 4.69) is 54.0 Å². The minimum Gasteiger partial charge on any atom is -0.368 e. The molecule has 8 heteroatoms. The number of tetrazole rings is 1. The van der Waals surface area contributed by atoms with E-state index in [1.807, 2.05) is 23.5 Å². The SMILES string of the molecule is Brc1ccc(C2(CNc3ccc4nnnn4n3)CCC2)s1. The Morgan fingerprint density at radius 1 is 1.29 bits per heavy atom. The van der Waals surface area contributed by atoms with Gasteiger partial charge < -0.3 is 5.32 Å². The van der Waals surface area contributed by atoms with Gasteiger partial charge in [0.1, 0.15) is 5.82 Å². The van der Waals surface area contributed by atoms with Crippen LogP contribution in [-0.4, -0.2) is 31.8 Å². The Balaban J connectivity index is 1.54. The van der Waals surface area contributed by atoms with Crippen molar-refractivity contribution in [1.82, 2.24) is 25.3 Å². The van der Waals surface area contributed by atoms with Crippen molar-refractivity contribution in [3.63, 3.8) is 0 Å². The maximum absolute atomic E-state index is 4.36. The Labute approximate surface area is 133 Å². The van der Waals surface area contributed by atoms with E-state index in [0.717, 1.165) is 12.4 Å². The molecule has 108 valence electrons. The third kappa shape index (κ3) is 2.32. The van der Waals surface area contributed by atoms with Crippen LogP contribution in [0.25, 0.3) is 5.65 Å². The first-order valence-corrected chi connectivity index (χ1v) is 8.41. The number of hydrogen-bond donors (Lipinski definition) is 1. The van der Waals surface area contributed by atoms with Crippen LogP contribution in [0.15, 0.2) is 28.1 Å². The first-order chi connectivity index (χ1) is 10.3. The largest absolute Gasteiger partial charge is 0.368 e. The molecule has 0 amide bonds. The first-order valence-electron chi connectivity index (χ1n) is 6.80. The topological polar surface area (TPSA) is 68.0 Å². The number of anilines is 1. The summed E-state index contributed by atoms with van der Waals surface area (Å²) in [4.78, 5) is 1.44. The summed E-state index contributed by atoms with van der Waals surface area (Å²) in [5, 5.41) is 19.1. The van der Waals surface area contributed by atoms with Crippen LogP contribution in [0.3, 0.4) is 0 Å². The van der Waals surface area contributed by atoms with Crippen molar-refractivity contribution in [2.45, 2.75) is 24.7 Å². The van der Waals surface area contributed by atoms with E-state index in [4.69, 9.17) is 0 Å². The van der Waals surface area contributed by atoms with Gasteiger partial charge >= 0.3 is 0 Å². The van der Waals surface area contributed by atoms with Crippen LogP contribution in [0, 0.1) is 0 Å². The van der Waals surface area contributed by atoms with Gasteiger partial charge in [-0.25, -0.2) is 0 Å². The lowest BCUT2D eigenvalue weighted by Gasteiger charge is -2.41. The Morgan fingerprint density at radius 3 is 2.90 bits per heavy atom. The second-order valence-electron chi connectivity index (χ2n) is 5.34. The molecule has 0 radical (unpaired) electrons. The van der Waals surface area contributed by atoms with Crippen LogP contribution >= 0.6 is 27.3 Å². The molecule has 0 spiro atoms. The van der Waals surface area contributed by atoms with Crippen molar-refractivity contribution in [2.24, 2.45) is 0 Å². The minimum absolute atomic E-state index is 0.244. The number of hydrogen-bond acceptors (Lipinski definition) is 6. The second-order valence-corrected chi connectivity index (χ2v) is 7.80. The van der Waals surface area contributed by atoms with E-state index in [0.29, 0.717) is 5.65 Å². The van der Waals surface area contributed by atoms with Gasteiger partial charge in [-0.15, -0.1) is 26.2 Å². The van der Waals surface area contributed by atoms with Gasteiger partial charge in [-0.3, -0.25) is 0 Å². The minimum atomic E-state index is 0.244. The van der Waals surface area contributed by atoms with Gasteiger partial charge in [0.25, 0.3) is 0 Å². The molecule has 1 fully saturated rings. The number of thiophene rings is 1. The molecule has 3 heterocycles. The highest BCUT2D eigenvalue weighted by Gasteiger charge is 2.39. The van der Waals surface area contributed by atoms with E-state index >= 15 is 0 Å². The maximum atomic E-state index is 4.36. The summed E-state index contributed by atoms with van der Waals surface area (Å²) in [5.74, 6) is 0.802. The van der Waals surface area contributed by atoms with Crippen LogP contribution in [0.4, 0.5) is 5.82 Å². The number of nitrogens with one attached hydrogen (secondary N) is 1. The molecular formula is C13H13BrN6S. The average Bonchev–Trinajstić information content (AvgIpc) is 3.06. The zero-order valence-electron chi connectivity index (χ0n) is 11.2. The molecule has 0 bridgehead atoms. The van der Waals surface area contributed by atoms with Crippen molar-refractivity contribution in [1.29, 1.82) is 0 Å². The zero-order chi connectivity index (χ0) is 14.3. The molecule has 3 aromatic heterocycles. The van der Waals surface area contributed by atoms with Gasteiger partial charge in [-0.2, -0.15) is 0 Å². The van der Waals surface area contributed by atoms with E-state index in [1.165, 1.54) is 32.6 Å². The predicted octanol–water partition coefficient (Wildman–Crippen LogP) is 2.88. The molecule has 0 aliphatic heterocycles. The molecule has 6 nitrogen and oxygen atoms in total. The number of rotatable bonds is 4. The molecule has 0 atom stereocenters. The van der Waals surface area contributed by atoms with Gasteiger partial charge in [0.15, 0.2) is 5.65 Å². The molecule has 1 saturated carbocycles. The Kier molecular flexibility index (Phi) is 3.15. The molecule has 1 N–H and O–H groups in total. The first kappa shape index (κ1) is 13.1. The second kappa shape index (κ2) is 5.03. The van der Waals surface area contributed by atoms with Gasteiger partial charge in [0.05, 0.1) is 3.79 Å². The predicted molar refractivity (Wildman–Crippen MR) is 84.6 cm³/mol. The summed E-state index contributed by atoms with van der Waals surface area (Å²) in [5.41, 5.74) is 0.898. The lowest BCUT2D eigenvalue weighted by Crippen LogP contribution is -2.40. The summed E-state index contributed by atoms with van der Waals surface area (Å²) >= 11 is 5.39. The summed E-state index contributed by atoms with van der Waals surface area (Å²) < 4.78 is 2.63. The van der Waals surface area contributed by atoms with Crippen molar-refractivity contribution >= 4 is 38.7 Å². The fraction of sp³-hybridized carbons (Fsp3) is 0.385. The van der Waals surface area contributed by atoms with Gasteiger partial charge in [0, 0.05) is 16.8 Å². The van der Waals surface area contributed by atoms with Crippen LogP contribution in [0.2, 0.25) is 0 Å². The van der Waals surface area contributed by atoms with Crippen molar-refractivity contribution in [3.05, 3.63) is 32.9 Å². The molecule has 3 aromatic rings. The fourth-order valence-corrected chi connectivity index (χ4v) is 4.35. The highest BCUT2D eigenvalue weighted by Crippen LogP contribution is 2.47. The summed E-state index contributed by atoms with van der Waals surface area (Å²) in [6.45, 7) is 0.889. The Bertz CT molecular complexity index is 778. The molecule has 0 aromatic carbocycles. The maximum Gasteiger partial charge on any atom is 0.200 e. The van der Waals surface area contributed by atoms with Crippen LogP contribution < -0.4 is 5.32 Å². The average molecular weight is 365 g/mol. The monoisotopic (exact) mass is 364 g/mol. The molecule has 0 unspecified atom stereocenters. The third-order valence-corrected chi connectivity index (χ3v) is 5.95. The van der Waals surface area contributed by atoms with Crippen molar-refractivity contribution in [2.75, 3.05) is 11.9 Å². The number of nitrogens with zero attached hydrogens (tertiary/aromatic N) is 5. The normalized spacial score (nSPS) is 16.8.